The Balaban J connectivity index is 2.44. The van der Waals surface area contributed by atoms with Gasteiger partial charge in [-0.3, -0.25) is 0 Å². The first-order chi connectivity index (χ1) is 9.97. The molecule has 21 heavy (non-hydrogen) atoms. The molecule has 0 radical (unpaired) electrons. The SMILES string of the molecule is C=Cc1c(COC)nn(C)c1Oc1cc(O)c(Cl)cc1Cl. The number of hydrogen-bond donors (Lipinski definition) is 1. The molecular formula is C14H14Cl2N2O3. The molecule has 0 aliphatic heterocycles. The lowest BCUT2D eigenvalue weighted by atomic mass is 10.2. The fourth-order valence-electron chi connectivity index (χ4n) is 1.85. The molecule has 0 saturated heterocycles. The van der Waals surface area contributed by atoms with E-state index in [0.717, 1.165) is 0 Å². The standard InChI is InChI=1S/C14H14Cl2N2O3/c1-4-8-11(7-20-3)17-18(2)14(8)21-13-6-12(19)9(15)5-10(13)16/h4-6,19H,1,7H2,2-3H3. The summed E-state index contributed by atoms with van der Waals surface area (Å²) in [7, 11) is 3.31. The van der Waals surface area contributed by atoms with Crippen LogP contribution in [0.5, 0.6) is 17.4 Å². The van der Waals surface area contributed by atoms with Gasteiger partial charge in [0, 0.05) is 20.2 Å². The normalized spacial score (nSPS) is 10.7. The number of phenols is 1. The summed E-state index contributed by atoms with van der Waals surface area (Å²) in [4.78, 5) is 0. The van der Waals surface area contributed by atoms with Gasteiger partial charge in [-0.1, -0.05) is 35.9 Å². The number of hydrogen-bond acceptors (Lipinski definition) is 4. The van der Waals surface area contributed by atoms with E-state index in [4.69, 9.17) is 32.7 Å². The quantitative estimate of drug-likeness (QED) is 0.900. The zero-order valence-corrected chi connectivity index (χ0v) is 13.1. The molecule has 112 valence electrons. The lowest BCUT2D eigenvalue weighted by Gasteiger charge is -2.10. The molecule has 2 rings (SSSR count). The second-order valence-corrected chi connectivity index (χ2v) is 5.08. The predicted octanol–water partition coefficient (Wildman–Crippen LogP) is 4.01. The molecule has 0 aliphatic rings. The number of aromatic nitrogens is 2. The molecule has 5 nitrogen and oxygen atoms in total. The number of ether oxygens (including phenoxy) is 2. The van der Waals surface area contributed by atoms with E-state index in [1.807, 2.05) is 0 Å². The summed E-state index contributed by atoms with van der Waals surface area (Å²) in [5, 5.41) is 14.4. The van der Waals surface area contributed by atoms with Crippen molar-refractivity contribution in [2.75, 3.05) is 7.11 Å². The van der Waals surface area contributed by atoms with Gasteiger partial charge in [0.1, 0.15) is 5.75 Å². The Hall–Kier alpha value is -1.69. The minimum absolute atomic E-state index is 0.115. The minimum Gasteiger partial charge on any atom is -0.506 e. The Labute approximate surface area is 132 Å². The molecule has 1 N–H and O–H groups in total. The number of nitrogens with zero attached hydrogens (tertiary/aromatic N) is 2. The largest absolute Gasteiger partial charge is 0.506 e. The summed E-state index contributed by atoms with van der Waals surface area (Å²) < 4.78 is 12.4. The maximum absolute atomic E-state index is 9.65. The van der Waals surface area contributed by atoms with Crippen molar-refractivity contribution in [1.29, 1.82) is 0 Å². The molecule has 1 aromatic carbocycles. The number of rotatable bonds is 5. The molecule has 0 bridgehead atoms. The molecule has 0 unspecified atom stereocenters. The highest BCUT2D eigenvalue weighted by Gasteiger charge is 2.17. The second-order valence-electron chi connectivity index (χ2n) is 4.26. The van der Waals surface area contributed by atoms with Crippen LogP contribution in [-0.4, -0.2) is 22.0 Å². The maximum atomic E-state index is 9.65. The lowest BCUT2D eigenvalue weighted by Crippen LogP contribution is -1.96. The highest BCUT2D eigenvalue weighted by atomic mass is 35.5. The smallest absolute Gasteiger partial charge is 0.225 e. The first kappa shape index (κ1) is 15.7. The molecule has 1 heterocycles. The van der Waals surface area contributed by atoms with Gasteiger partial charge in [-0.2, -0.15) is 5.10 Å². The maximum Gasteiger partial charge on any atom is 0.225 e. The molecule has 7 heteroatoms. The van der Waals surface area contributed by atoms with Crippen LogP contribution in [0.2, 0.25) is 10.0 Å². The van der Waals surface area contributed by atoms with Crippen LogP contribution in [0, 0.1) is 0 Å². The van der Waals surface area contributed by atoms with Crippen molar-refractivity contribution in [1.82, 2.24) is 9.78 Å². The number of aromatic hydroxyl groups is 1. The van der Waals surface area contributed by atoms with E-state index in [1.165, 1.54) is 12.1 Å². The van der Waals surface area contributed by atoms with Crippen molar-refractivity contribution in [2.24, 2.45) is 7.05 Å². The summed E-state index contributed by atoms with van der Waals surface area (Å²) in [5.41, 5.74) is 1.39. The number of aryl methyl sites for hydroxylation is 1. The average molecular weight is 329 g/mol. The van der Waals surface area contributed by atoms with Gasteiger partial charge in [-0.05, 0) is 6.07 Å². The van der Waals surface area contributed by atoms with Gasteiger partial charge in [0.2, 0.25) is 5.88 Å². The summed E-state index contributed by atoms with van der Waals surface area (Å²) in [6.07, 6.45) is 1.63. The molecule has 0 saturated carbocycles. The Morgan fingerprint density at radius 3 is 2.71 bits per heavy atom. The second kappa shape index (κ2) is 6.39. The van der Waals surface area contributed by atoms with Crippen LogP contribution in [0.3, 0.4) is 0 Å². The molecule has 0 spiro atoms. The van der Waals surface area contributed by atoms with E-state index >= 15 is 0 Å². The summed E-state index contributed by atoms with van der Waals surface area (Å²) >= 11 is 11.9. The highest BCUT2D eigenvalue weighted by Crippen LogP contribution is 2.38. The zero-order chi connectivity index (χ0) is 15.6. The van der Waals surface area contributed by atoms with Gasteiger partial charge < -0.3 is 14.6 Å². The van der Waals surface area contributed by atoms with Crippen molar-refractivity contribution in [3.63, 3.8) is 0 Å². The van der Waals surface area contributed by atoms with Crippen LogP contribution in [-0.2, 0) is 18.4 Å². The summed E-state index contributed by atoms with van der Waals surface area (Å²) in [6, 6.07) is 2.76. The number of halogens is 2. The lowest BCUT2D eigenvalue weighted by molar-refractivity contribution is 0.180. The van der Waals surface area contributed by atoms with Gasteiger partial charge in [0.25, 0.3) is 0 Å². The molecule has 0 atom stereocenters. The van der Waals surface area contributed by atoms with E-state index in [2.05, 4.69) is 11.7 Å². The van der Waals surface area contributed by atoms with Crippen LogP contribution in [0.15, 0.2) is 18.7 Å². The third-order valence-electron chi connectivity index (χ3n) is 2.80. The molecule has 2 aromatic rings. The molecular weight excluding hydrogens is 315 g/mol. The minimum atomic E-state index is -0.115. The summed E-state index contributed by atoms with van der Waals surface area (Å²) in [6.45, 7) is 4.08. The van der Waals surface area contributed by atoms with E-state index < -0.39 is 0 Å². The van der Waals surface area contributed by atoms with Crippen LogP contribution in [0.4, 0.5) is 0 Å². The van der Waals surface area contributed by atoms with Crippen LogP contribution < -0.4 is 4.74 Å². The van der Waals surface area contributed by atoms with Crippen LogP contribution in [0.1, 0.15) is 11.3 Å². The fourth-order valence-corrected chi connectivity index (χ4v) is 2.27. The Morgan fingerprint density at radius 1 is 1.38 bits per heavy atom. The van der Waals surface area contributed by atoms with Gasteiger partial charge in [-0.25, -0.2) is 4.68 Å². The fraction of sp³-hybridized carbons (Fsp3) is 0.214. The van der Waals surface area contributed by atoms with Gasteiger partial charge in [0.15, 0.2) is 5.75 Å². The van der Waals surface area contributed by atoms with Gasteiger partial charge in [-0.15, -0.1) is 0 Å². The van der Waals surface area contributed by atoms with Crippen molar-refractivity contribution in [3.05, 3.63) is 40.0 Å². The third-order valence-corrected chi connectivity index (χ3v) is 3.40. The van der Waals surface area contributed by atoms with Crippen molar-refractivity contribution < 1.29 is 14.6 Å². The first-order valence-electron chi connectivity index (χ1n) is 6.01. The van der Waals surface area contributed by atoms with E-state index in [9.17, 15) is 5.11 Å². The number of methoxy groups -OCH3 is 1. The molecule has 0 fully saturated rings. The van der Waals surface area contributed by atoms with Gasteiger partial charge in [0.05, 0.1) is 27.9 Å². The topological polar surface area (TPSA) is 56.5 Å². The van der Waals surface area contributed by atoms with Crippen LogP contribution in [0.25, 0.3) is 6.08 Å². The highest BCUT2D eigenvalue weighted by molar-refractivity contribution is 6.36. The molecule has 0 amide bonds. The van der Waals surface area contributed by atoms with E-state index in [-0.39, 0.29) is 21.5 Å². The Bertz CT molecular complexity index is 683. The number of benzene rings is 1. The monoisotopic (exact) mass is 328 g/mol. The predicted molar refractivity (Wildman–Crippen MR) is 82.2 cm³/mol. The third kappa shape index (κ3) is 3.15. The molecule has 1 aromatic heterocycles. The molecule has 0 aliphatic carbocycles. The zero-order valence-electron chi connectivity index (χ0n) is 11.6. The first-order valence-corrected chi connectivity index (χ1v) is 6.76. The van der Waals surface area contributed by atoms with E-state index in [0.29, 0.717) is 23.7 Å². The Kier molecular flexibility index (Phi) is 4.77. The van der Waals surface area contributed by atoms with E-state index in [1.54, 1.807) is 24.9 Å². The number of phenolic OH excluding ortho intramolecular Hbond substituents is 1. The summed E-state index contributed by atoms with van der Waals surface area (Å²) in [5.74, 6) is 0.602. The van der Waals surface area contributed by atoms with Crippen molar-refractivity contribution in [3.8, 4) is 17.4 Å². The van der Waals surface area contributed by atoms with Gasteiger partial charge >= 0.3 is 0 Å². The van der Waals surface area contributed by atoms with Crippen molar-refractivity contribution >= 4 is 29.3 Å². The average Bonchev–Trinajstić information content (AvgIpc) is 2.72. The van der Waals surface area contributed by atoms with Crippen molar-refractivity contribution in [2.45, 2.75) is 6.61 Å². The van der Waals surface area contributed by atoms with Crippen LogP contribution >= 0.6 is 23.2 Å². The Morgan fingerprint density at radius 2 is 2.10 bits per heavy atom.